The quantitative estimate of drug-likeness (QED) is 0.894. The van der Waals surface area contributed by atoms with Crippen molar-refractivity contribution in [3.8, 4) is 0 Å². The van der Waals surface area contributed by atoms with Gasteiger partial charge in [-0.1, -0.05) is 12.1 Å². The Bertz CT molecular complexity index is 718. The first kappa shape index (κ1) is 18.3. The average Bonchev–Trinajstić information content (AvgIpc) is 2.88. The van der Waals surface area contributed by atoms with Gasteiger partial charge in [0.1, 0.15) is 11.6 Å². The Kier molecular flexibility index (Phi) is 6.15. The molecule has 0 unspecified atom stereocenters. The monoisotopic (exact) mass is 356 g/mol. The summed E-state index contributed by atoms with van der Waals surface area (Å²) in [5.74, 6) is 0.891. The van der Waals surface area contributed by atoms with Crippen LogP contribution in [0.1, 0.15) is 36.9 Å². The molecule has 0 aliphatic carbocycles. The minimum Gasteiger partial charge on any atom is -0.382 e. The highest BCUT2D eigenvalue weighted by Gasteiger charge is 2.21. The molecule has 26 heavy (non-hydrogen) atoms. The molecule has 0 spiro atoms. The molecule has 2 N–H and O–H groups in total. The summed E-state index contributed by atoms with van der Waals surface area (Å²) in [6.07, 6.45) is 8.42. The molecule has 1 amide bonds. The van der Waals surface area contributed by atoms with Gasteiger partial charge in [0.2, 0.25) is 5.91 Å². The number of nitrogens with zero attached hydrogens (tertiary/aromatic N) is 3. The minimum absolute atomic E-state index is 0.183. The fraction of sp³-hybridized carbons (Fsp3) is 0.450. The van der Waals surface area contributed by atoms with Gasteiger partial charge in [0.15, 0.2) is 0 Å². The van der Waals surface area contributed by atoms with Crippen molar-refractivity contribution in [3.63, 3.8) is 0 Å². The van der Waals surface area contributed by atoms with Crippen molar-refractivity contribution in [3.05, 3.63) is 53.7 Å². The van der Waals surface area contributed by atoms with E-state index in [0.29, 0.717) is 24.6 Å². The van der Waals surface area contributed by atoms with E-state index in [1.807, 2.05) is 4.90 Å². The molecule has 2 heterocycles. The molecule has 2 aromatic rings. The summed E-state index contributed by atoms with van der Waals surface area (Å²) in [5.41, 5.74) is 7.53. The number of hydrogen-bond donors (Lipinski definition) is 1. The second-order valence-corrected chi connectivity index (χ2v) is 6.94. The number of carbonyl (C=O) groups is 1. The Labute approximate surface area is 153 Å². The first-order valence-electron chi connectivity index (χ1n) is 9.19. The highest BCUT2D eigenvalue weighted by molar-refractivity contribution is 5.76. The summed E-state index contributed by atoms with van der Waals surface area (Å²) in [6.45, 7) is 1.60. The first-order chi connectivity index (χ1) is 12.6. The molecule has 1 saturated heterocycles. The van der Waals surface area contributed by atoms with Crippen LogP contribution in [-0.4, -0.2) is 33.9 Å². The van der Waals surface area contributed by atoms with E-state index in [0.717, 1.165) is 50.0 Å². The molecule has 1 aliphatic heterocycles. The number of anilines is 1. The lowest BCUT2D eigenvalue weighted by Crippen LogP contribution is -2.32. The SMILES string of the molecule is Nc1cnc(C[C@H]2CCCN(C(=O)CCc3ccc(F)cc3)CC2)cn1. The van der Waals surface area contributed by atoms with Crippen LogP contribution in [0.5, 0.6) is 0 Å². The van der Waals surface area contributed by atoms with Crippen molar-refractivity contribution in [2.24, 2.45) is 5.92 Å². The summed E-state index contributed by atoms with van der Waals surface area (Å²) in [7, 11) is 0. The third-order valence-electron chi connectivity index (χ3n) is 4.96. The molecule has 5 nitrogen and oxygen atoms in total. The van der Waals surface area contributed by atoms with E-state index in [2.05, 4.69) is 9.97 Å². The van der Waals surface area contributed by atoms with Crippen molar-refractivity contribution in [1.29, 1.82) is 0 Å². The average molecular weight is 356 g/mol. The van der Waals surface area contributed by atoms with Gasteiger partial charge in [0.25, 0.3) is 0 Å². The van der Waals surface area contributed by atoms with E-state index >= 15 is 0 Å². The van der Waals surface area contributed by atoms with Gasteiger partial charge in [-0.2, -0.15) is 0 Å². The van der Waals surface area contributed by atoms with Crippen molar-refractivity contribution in [1.82, 2.24) is 14.9 Å². The van der Waals surface area contributed by atoms with Crippen LogP contribution in [0.15, 0.2) is 36.7 Å². The number of nitrogens with two attached hydrogens (primary N) is 1. The normalized spacial score (nSPS) is 17.7. The number of carbonyl (C=O) groups excluding carboxylic acids is 1. The molecule has 1 aromatic heterocycles. The summed E-state index contributed by atoms with van der Waals surface area (Å²) >= 11 is 0. The molecular weight excluding hydrogens is 331 g/mol. The zero-order valence-electron chi connectivity index (χ0n) is 14.9. The fourth-order valence-corrected chi connectivity index (χ4v) is 3.45. The van der Waals surface area contributed by atoms with Crippen molar-refractivity contribution < 1.29 is 9.18 Å². The van der Waals surface area contributed by atoms with Crippen LogP contribution in [0.2, 0.25) is 0 Å². The number of likely N-dealkylation sites (tertiary alicyclic amines) is 1. The van der Waals surface area contributed by atoms with Gasteiger partial charge in [0.05, 0.1) is 18.1 Å². The van der Waals surface area contributed by atoms with Crippen molar-refractivity contribution >= 4 is 11.7 Å². The maximum Gasteiger partial charge on any atom is 0.222 e. The van der Waals surface area contributed by atoms with E-state index in [4.69, 9.17) is 5.73 Å². The third kappa shape index (κ3) is 5.25. The largest absolute Gasteiger partial charge is 0.382 e. The van der Waals surface area contributed by atoms with Crippen molar-refractivity contribution in [2.45, 2.75) is 38.5 Å². The lowest BCUT2D eigenvalue weighted by Gasteiger charge is -2.20. The Hall–Kier alpha value is -2.50. The Morgan fingerprint density at radius 3 is 2.69 bits per heavy atom. The van der Waals surface area contributed by atoms with Gasteiger partial charge < -0.3 is 10.6 Å². The second kappa shape index (κ2) is 8.74. The predicted molar refractivity (Wildman–Crippen MR) is 98.8 cm³/mol. The van der Waals surface area contributed by atoms with E-state index in [-0.39, 0.29) is 11.7 Å². The topological polar surface area (TPSA) is 72.1 Å². The first-order valence-corrected chi connectivity index (χ1v) is 9.19. The zero-order chi connectivity index (χ0) is 18.4. The molecule has 138 valence electrons. The minimum atomic E-state index is -0.246. The number of hydrogen-bond acceptors (Lipinski definition) is 4. The van der Waals surface area contributed by atoms with Gasteiger partial charge in [0, 0.05) is 19.5 Å². The lowest BCUT2D eigenvalue weighted by atomic mass is 9.95. The van der Waals surface area contributed by atoms with Gasteiger partial charge in [-0.15, -0.1) is 0 Å². The molecule has 1 aromatic carbocycles. The molecular formula is C20H25FN4O. The van der Waals surface area contributed by atoms with Gasteiger partial charge in [-0.25, -0.2) is 9.37 Å². The molecule has 0 bridgehead atoms. The van der Waals surface area contributed by atoms with Crippen molar-refractivity contribution in [2.75, 3.05) is 18.8 Å². The number of benzene rings is 1. The van der Waals surface area contributed by atoms with Crippen LogP contribution in [0, 0.1) is 11.7 Å². The van der Waals surface area contributed by atoms with Crippen LogP contribution in [0.25, 0.3) is 0 Å². The predicted octanol–water partition coefficient (Wildman–Crippen LogP) is 3.00. The second-order valence-electron chi connectivity index (χ2n) is 6.94. The Morgan fingerprint density at radius 1 is 1.15 bits per heavy atom. The van der Waals surface area contributed by atoms with Crippen LogP contribution in [0.4, 0.5) is 10.2 Å². The van der Waals surface area contributed by atoms with Crippen LogP contribution in [0.3, 0.4) is 0 Å². The zero-order valence-corrected chi connectivity index (χ0v) is 14.9. The maximum atomic E-state index is 12.9. The summed E-state index contributed by atoms with van der Waals surface area (Å²) in [4.78, 5) is 22.9. The number of aryl methyl sites for hydroxylation is 1. The summed E-state index contributed by atoms with van der Waals surface area (Å²) in [6, 6.07) is 6.37. The highest BCUT2D eigenvalue weighted by Crippen LogP contribution is 2.22. The van der Waals surface area contributed by atoms with Gasteiger partial charge >= 0.3 is 0 Å². The van der Waals surface area contributed by atoms with Crippen LogP contribution >= 0.6 is 0 Å². The van der Waals surface area contributed by atoms with Crippen LogP contribution < -0.4 is 5.73 Å². The van der Waals surface area contributed by atoms with E-state index in [9.17, 15) is 9.18 Å². The fourth-order valence-electron chi connectivity index (χ4n) is 3.45. The van der Waals surface area contributed by atoms with E-state index in [1.165, 1.54) is 12.1 Å². The maximum absolute atomic E-state index is 12.9. The molecule has 0 radical (unpaired) electrons. The van der Waals surface area contributed by atoms with Gasteiger partial charge in [-0.3, -0.25) is 9.78 Å². The molecule has 1 atom stereocenters. The van der Waals surface area contributed by atoms with E-state index in [1.54, 1.807) is 24.5 Å². The number of rotatable bonds is 5. The van der Waals surface area contributed by atoms with Crippen LogP contribution in [-0.2, 0) is 17.6 Å². The number of nitrogen functional groups attached to an aromatic ring is 1. The summed E-state index contributed by atoms with van der Waals surface area (Å²) in [5, 5.41) is 0. The standard InChI is InChI=1S/C20H25FN4O/c21-17-6-3-15(4-7-17)5-8-20(26)25-10-1-2-16(9-11-25)12-18-13-24-19(22)14-23-18/h3-4,6-7,13-14,16H,1-2,5,8-12H2,(H2,22,24)/t16-/m0/s1. The third-order valence-corrected chi connectivity index (χ3v) is 4.96. The molecule has 6 heteroatoms. The number of halogens is 1. The molecule has 0 saturated carbocycles. The summed E-state index contributed by atoms with van der Waals surface area (Å²) < 4.78 is 12.9. The van der Waals surface area contributed by atoms with Gasteiger partial charge in [-0.05, 0) is 55.7 Å². The number of aromatic nitrogens is 2. The molecule has 1 fully saturated rings. The lowest BCUT2D eigenvalue weighted by molar-refractivity contribution is -0.131. The number of amides is 1. The Balaban J connectivity index is 1.47. The Morgan fingerprint density at radius 2 is 1.96 bits per heavy atom. The van der Waals surface area contributed by atoms with E-state index < -0.39 is 0 Å². The molecule has 1 aliphatic rings. The molecule has 3 rings (SSSR count). The smallest absolute Gasteiger partial charge is 0.222 e. The highest BCUT2D eigenvalue weighted by atomic mass is 19.1.